The minimum Gasteiger partial charge on any atom is -0.343 e. The van der Waals surface area contributed by atoms with E-state index in [1.807, 2.05) is 42.8 Å². The first-order valence-electron chi connectivity index (χ1n) is 7.58. The van der Waals surface area contributed by atoms with E-state index in [0.717, 1.165) is 17.7 Å². The van der Waals surface area contributed by atoms with Crippen molar-refractivity contribution in [3.63, 3.8) is 0 Å². The number of hydrogen-bond donors (Lipinski definition) is 0. The Bertz CT molecular complexity index is 786. The lowest BCUT2D eigenvalue weighted by molar-refractivity contribution is -0.132. The van der Waals surface area contributed by atoms with Crippen LogP contribution in [0.1, 0.15) is 22.2 Å². The van der Waals surface area contributed by atoms with Crippen LogP contribution in [0.5, 0.6) is 0 Å². The Morgan fingerprint density at radius 2 is 2.12 bits per heavy atom. The molecular weight excluding hydrogens is 324 g/mol. The predicted molar refractivity (Wildman–Crippen MR) is 90.6 cm³/mol. The molecule has 8 heteroatoms. The highest BCUT2D eigenvalue weighted by Crippen LogP contribution is 2.20. The largest absolute Gasteiger partial charge is 0.343 e. The maximum atomic E-state index is 13.0. The molecule has 0 aliphatic carbocycles. The smallest absolute Gasteiger partial charge is 0.251 e. The first-order valence-corrected chi connectivity index (χ1v) is 8.46. The van der Waals surface area contributed by atoms with Gasteiger partial charge in [0.1, 0.15) is 6.33 Å². The van der Waals surface area contributed by atoms with E-state index in [4.69, 9.17) is 0 Å². The second-order valence-corrected chi connectivity index (χ2v) is 6.41. The SMILES string of the molecule is Cc1ncsc1CCN(C)C(=O)C(c1ccccc1)n1cnnn1. The van der Waals surface area contributed by atoms with Crippen LogP contribution in [0.15, 0.2) is 42.2 Å². The molecule has 0 fully saturated rings. The Balaban J connectivity index is 1.77. The van der Waals surface area contributed by atoms with E-state index in [2.05, 4.69) is 20.5 Å². The summed E-state index contributed by atoms with van der Waals surface area (Å²) in [7, 11) is 1.80. The third-order valence-electron chi connectivity index (χ3n) is 3.87. The lowest BCUT2D eigenvalue weighted by Crippen LogP contribution is -2.36. The van der Waals surface area contributed by atoms with E-state index < -0.39 is 6.04 Å². The van der Waals surface area contributed by atoms with Gasteiger partial charge in [0, 0.05) is 24.9 Å². The van der Waals surface area contributed by atoms with Gasteiger partial charge in [0.2, 0.25) is 0 Å². The van der Waals surface area contributed by atoms with Gasteiger partial charge < -0.3 is 4.90 Å². The molecule has 1 unspecified atom stereocenters. The van der Waals surface area contributed by atoms with Crippen molar-refractivity contribution in [2.45, 2.75) is 19.4 Å². The summed E-state index contributed by atoms with van der Waals surface area (Å²) < 4.78 is 1.49. The molecule has 3 aromatic rings. The average Bonchev–Trinajstić information content (AvgIpc) is 3.26. The van der Waals surface area contributed by atoms with Crippen molar-refractivity contribution in [1.82, 2.24) is 30.1 Å². The molecule has 124 valence electrons. The zero-order valence-corrected chi connectivity index (χ0v) is 14.3. The molecule has 0 saturated carbocycles. The van der Waals surface area contributed by atoms with Crippen LogP contribution in [0.3, 0.4) is 0 Å². The number of benzene rings is 1. The van der Waals surface area contributed by atoms with Crippen LogP contribution in [0, 0.1) is 6.92 Å². The first kappa shape index (κ1) is 16.3. The quantitative estimate of drug-likeness (QED) is 0.682. The summed E-state index contributed by atoms with van der Waals surface area (Å²) in [5, 5.41) is 11.2. The molecule has 0 saturated heterocycles. The van der Waals surface area contributed by atoms with Crippen molar-refractivity contribution in [1.29, 1.82) is 0 Å². The fraction of sp³-hybridized carbons (Fsp3) is 0.312. The fourth-order valence-corrected chi connectivity index (χ4v) is 3.26. The highest BCUT2D eigenvalue weighted by molar-refractivity contribution is 7.09. The third kappa shape index (κ3) is 3.48. The van der Waals surface area contributed by atoms with Crippen molar-refractivity contribution in [2.75, 3.05) is 13.6 Å². The van der Waals surface area contributed by atoms with E-state index >= 15 is 0 Å². The van der Waals surface area contributed by atoms with Crippen molar-refractivity contribution >= 4 is 17.2 Å². The van der Waals surface area contributed by atoms with Gasteiger partial charge in [0.25, 0.3) is 5.91 Å². The van der Waals surface area contributed by atoms with Crippen molar-refractivity contribution in [3.05, 3.63) is 58.3 Å². The number of amides is 1. The van der Waals surface area contributed by atoms with Gasteiger partial charge in [-0.25, -0.2) is 9.67 Å². The predicted octanol–water partition coefficient (Wildman–Crippen LogP) is 1.73. The third-order valence-corrected chi connectivity index (χ3v) is 4.87. The van der Waals surface area contributed by atoms with Crippen LogP contribution in [0.2, 0.25) is 0 Å². The van der Waals surface area contributed by atoms with Gasteiger partial charge in [-0.2, -0.15) is 0 Å². The summed E-state index contributed by atoms with van der Waals surface area (Å²) >= 11 is 1.62. The van der Waals surface area contributed by atoms with E-state index in [9.17, 15) is 4.79 Å². The Kier molecular flexibility index (Phi) is 4.95. The van der Waals surface area contributed by atoms with Gasteiger partial charge in [0.05, 0.1) is 11.2 Å². The summed E-state index contributed by atoms with van der Waals surface area (Å²) in [6.07, 6.45) is 2.26. The number of thiazole rings is 1. The number of carbonyl (C=O) groups is 1. The number of rotatable bonds is 6. The van der Waals surface area contributed by atoms with Crippen LogP contribution in [-0.4, -0.2) is 49.6 Å². The van der Waals surface area contributed by atoms with Gasteiger partial charge >= 0.3 is 0 Å². The minimum atomic E-state index is -0.561. The molecule has 0 spiro atoms. The molecule has 1 atom stereocenters. The normalized spacial score (nSPS) is 12.1. The Morgan fingerprint density at radius 1 is 1.33 bits per heavy atom. The molecule has 7 nitrogen and oxygen atoms in total. The van der Waals surface area contributed by atoms with Crippen molar-refractivity contribution < 1.29 is 4.79 Å². The van der Waals surface area contributed by atoms with Crippen LogP contribution in [0.4, 0.5) is 0 Å². The van der Waals surface area contributed by atoms with Crippen LogP contribution < -0.4 is 0 Å². The summed E-state index contributed by atoms with van der Waals surface area (Å²) in [5.41, 5.74) is 3.72. The molecule has 1 aromatic carbocycles. The fourth-order valence-electron chi connectivity index (χ4n) is 2.48. The van der Waals surface area contributed by atoms with Crippen molar-refractivity contribution in [2.24, 2.45) is 0 Å². The zero-order valence-electron chi connectivity index (χ0n) is 13.5. The standard InChI is InChI=1S/C16H18N6OS/c1-12-14(24-11-17-12)8-9-21(2)16(23)15(22-10-18-19-20-22)13-6-4-3-5-7-13/h3-7,10-11,15H,8-9H2,1-2H3. The second kappa shape index (κ2) is 7.31. The number of aryl methyl sites for hydroxylation is 1. The minimum absolute atomic E-state index is 0.0457. The summed E-state index contributed by atoms with van der Waals surface area (Å²) in [6, 6.07) is 8.98. The molecule has 3 rings (SSSR count). The summed E-state index contributed by atoms with van der Waals surface area (Å²) in [4.78, 5) is 20.2. The molecule has 24 heavy (non-hydrogen) atoms. The number of hydrogen-bond acceptors (Lipinski definition) is 6. The van der Waals surface area contributed by atoms with Crippen LogP contribution in [0.25, 0.3) is 0 Å². The maximum Gasteiger partial charge on any atom is 0.251 e. The van der Waals surface area contributed by atoms with Crippen LogP contribution in [-0.2, 0) is 11.2 Å². The van der Waals surface area contributed by atoms with Gasteiger partial charge in [-0.1, -0.05) is 30.3 Å². The molecule has 0 N–H and O–H groups in total. The van der Waals surface area contributed by atoms with E-state index in [1.54, 1.807) is 23.3 Å². The number of likely N-dealkylation sites (N-methyl/N-ethyl adjacent to an activating group) is 1. The van der Waals surface area contributed by atoms with Crippen LogP contribution >= 0.6 is 11.3 Å². The summed E-state index contributed by atoms with van der Waals surface area (Å²) in [5.74, 6) is -0.0457. The summed E-state index contributed by atoms with van der Waals surface area (Å²) in [6.45, 7) is 2.61. The molecule has 2 aromatic heterocycles. The Hall–Kier alpha value is -2.61. The first-order chi connectivity index (χ1) is 11.7. The number of carbonyl (C=O) groups excluding carboxylic acids is 1. The zero-order chi connectivity index (χ0) is 16.9. The molecule has 0 aliphatic rings. The monoisotopic (exact) mass is 342 g/mol. The average molecular weight is 342 g/mol. The Morgan fingerprint density at radius 3 is 2.75 bits per heavy atom. The Labute approximate surface area is 144 Å². The molecule has 0 aliphatic heterocycles. The van der Waals surface area contributed by atoms with E-state index in [0.29, 0.717) is 6.54 Å². The topological polar surface area (TPSA) is 76.8 Å². The lowest BCUT2D eigenvalue weighted by Gasteiger charge is -2.23. The van der Waals surface area contributed by atoms with Gasteiger partial charge in [-0.05, 0) is 22.9 Å². The van der Waals surface area contributed by atoms with E-state index in [1.165, 1.54) is 15.9 Å². The highest BCUT2D eigenvalue weighted by atomic mass is 32.1. The molecule has 2 heterocycles. The number of aromatic nitrogens is 5. The number of nitrogens with zero attached hydrogens (tertiary/aromatic N) is 6. The molecular formula is C16H18N6OS. The number of tetrazole rings is 1. The maximum absolute atomic E-state index is 13.0. The highest BCUT2D eigenvalue weighted by Gasteiger charge is 2.26. The van der Waals surface area contributed by atoms with Gasteiger partial charge in [-0.3, -0.25) is 4.79 Å². The molecule has 0 radical (unpaired) electrons. The van der Waals surface area contributed by atoms with Crippen molar-refractivity contribution in [3.8, 4) is 0 Å². The lowest BCUT2D eigenvalue weighted by atomic mass is 10.1. The van der Waals surface area contributed by atoms with Gasteiger partial charge in [0.15, 0.2) is 6.04 Å². The molecule has 0 bridgehead atoms. The van der Waals surface area contributed by atoms with Gasteiger partial charge in [-0.15, -0.1) is 16.4 Å². The second-order valence-electron chi connectivity index (χ2n) is 5.47. The van der Waals surface area contributed by atoms with E-state index in [-0.39, 0.29) is 5.91 Å². The molecule has 1 amide bonds.